The number of benzene rings is 2. The molecule has 15 heteroatoms. The van der Waals surface area contributed by atoms with Crippen molar-refractivity contribution in [3.8, 4) is 11.5 Å². The van der Waals surface area contributed by atoms with Crippen molar-refractivity contribution in [1.82, 2.24) is 10.6 Å². The number of hydrogen-bond acceptors (Lipinski definition) is 9. The first-order chi connectivity index (χ1) is 19.1. The van der Waals surface area contributed by atoms with Gasteiger partial charge in [-0.25, -0.2) is 0 Å². The first-order valence-electron chi connectivity index (χ1n) is 12.1. The lowest BCUT2D eigenvalue weighted by molar-refractivity contribution is -0.370. The Morgan fingerprint density at radius 3 is 2.08 bits per heavy atom. The number of rotatable bonds is 15. The summed E-state index contributed by atoms with van der Waals surface area (Å²) in [6, 6.07) is 8.18. The Labute approximate surface area is 256 Å². The Morgan fingerprint density at radius 2 is 1.50 bits per heavy atom. The Morgan fingerprint density at radius 1 is 0.925 bits per heavy atom. The second-order valence-corrected chi connectivity index (χ2v) is 11.1. The van der Waals surface area contributed by atoms with Crippen LogP contribution in [0.25, 0.3) is 0 Å². The number of ether oxygens (including phenoxy) is 1. The second kappa shape index (κ2) is 17.2. The van der Waals surface area contributed by atoms with Crippen LogP contribution in [0.4, 0.5) is 0 Å². The molecule has 2 rings (SSSR count). The fourth-order valence-electron chi connectivity index (χ4n) is 3.42. The third-order valence-corrected chi connectivity index (χ3v) is 7.28. The molecule has 218 valence electrons. The van der Waals surface area contributed by atoms with Gasteiger partial charge in [-0.1, -0.05) is 16.4 Å². The van der Waals surface area contributed by atoms with Crippen LogP contribution in [0.15, 0.2) is 54.1 Å². The predicted octanol–water partition coefficient (Wildman–Crippen LogP) is 2.12. The van der Waals surface area contributed by atoms with Crippen molar-refractivity contribution in [2.24, 2.45) is 10.3 Å². The molecule has 2 aromatic rings. The number of aromatic hydroxyl groups is 1. The number of phenolic OH excluding ortho intramolecular Hbond substituents is 1. The molecule has 0 spiro atoms. The maximum atomic E-state index is 12.4. The Bertz CT molecular complexity index is 1220. The molecule has 0 aromatic heterocycles. The van der Waals surface area contributed by atoms with Gasteiger partial charge < -0.3 is 41.7 Å². The maximum Gasteiger partial charge on any atom is 0.269 e. The number of nitrogens with one attached hydrogen (secondary N) is 2. The van der Waals surface area contributed by atoms with Crippen LogP contribution in [0.3, 0.4) is 0 Å². The number of carbonyl (C=O) groups excluding carboxylic acids is 2. The maximum absolute atomic E-state index is 12.4. The fourth-order valence-corrected chi connectivity index (χ4v) is 5.36. The highest BCUT2D eigenvalue weighted by Crippen LogP contribution is 2.35. The van der Waals surface area contributed by atoms with E-state index in [9.17, 15) is 30.2 Å². The first kappa shape index (κ1) is 33.5. The summed E-state index contributed by atoms with van der Waals surface area (Å²) in [5, 5.41) is 49.3. The minimum Gasteiger partial charge on any atom is -0.507 e. The van der Waals surface area contributed by atoms with Gasteiger partial charge in [-0.15, -0.1) is 0 Å². The molecule has 40 heavy (non-hydrogen) atoms. The van der Waals surface area contributed by atoms with E-state index in [0.29, 0.717) is 49.7 Å². The van der Waals surface area contributed by atoms with E-state index in [1.54, 1.807) is 24.3 Å². The number of nitrogens with zero attached hydrogens (tertiary/aromatic N) is 2. The van der Waals surface area contributed by atoms with Gasteiger partial charge in [0.2, 0.25) is 0 Å². The van der Waals surface area contributed by atoms with Gasteiger partial charge in [0.15, 0.2) is 0 Å². The summed E-state index contributed by atoms with van der Waals surface area (Å²) in [7, 11) is 0. The molecular formula is C25H31Br3N5O7+. The van der Waals surface area contributed by atoms with Crippen molar-refractivity contribution >= 4 is 71.0 Å². The lowest BCUT2D eigenvalue weighted by Gasteiger charge is -2.14. The van der Waals surface area contributed by atoms with Crippen molar-refractivity contribution in [3.05, 3.63) is 54.9 Å². The summed E-state index contributed by atoms with van der Waals surface area (Å²) < 4.78 is 7.49. The number of oxime groups is 2. The van der Waals surface area contributed by atoms with Crippen LogP contribution in [0.2, 0.25) is 0 Å². The van der Waals surface area contributed by atoms with Crippen molar-refractivity contribution in [1.29, 1.82) is 0 Å². The van der Waals surface area contributed by atoms with Gasteiger partial charge in [-0.3, -0.25) is 9.59 Å². The molecule has 2 amide bonds. The van der Waals surface area contributed by atoms with Crippen LogP contribution in [0, 0.1) is 0 Å². The highest BCUT2D eigenvalue weighted by Gasteiger charge is 2.18. The minimum atomic E-state index is -0.729. The van der Waals surface area contributed by atoms with Gasteiger partial charge in [0, 0.05) is 32.4 Å². The Kier molecular flexibility index (Phi) is 14.4. The van der Waals surface area contributed by atoms with Gasteiger partial charge >= 0.3 is 0 Å². The quantitative estimate of drug-likeness (QED) is 0.0625. The molecule has 0 heterocycles. The summed E-state index contributed by atoms with van der Waals surface area (Å²) in [4.78, 5) is 24.7. The number of phenols is 1. The first-order valence-corrected chi connectivity index (χ1v) is 14.5. The number of carbonyl (C=O) groups is 2. The molecule has 12 nitrogen and oxygen atoms in total. The number of amides is 2. The van der Waals surface area contributed by atoms with Gasteiger partial charge in [0.1, 0.15) is 22.9 Å². The average molecular weight is 753 g/mol. The SMILES string of the molecule is [NH3+]CCC(O)CNC(=O)/C(Cc1cc(Br)c(OCCCNC(=O)/C(Cc2ccc(O)c(Br)c2)=N/O)c(Br)c1)=N/O. The van der Waals surface area contributed by atoms with E-state index in [1.165, 1.54) is 6.07 Å². The molecule has 0 aliphatic heterocycles. The summed E-state index contributed by atoms with van der Waals surface area (Å²) >= 11 is 10.1. The van der Waals surface area contributed by atoms with E-state index in [0.717, 1.165) is 0 Å². The van der Waals surface area contributed by atoms with Crippen molar-refractivity contribution in [3.63, 3.8) is 0 Å². The van der Waals surface area contributed by atoms with Crippen LogP contribution in [-0.2, 0) is 22.4 Å². The lowest BCUT2D eigenvalue weighted by Crippen LogP contribution is -2.52. The molecule has 1 atom stereocenters. The summed E-state index contributed by atoms with van der Waals surface area (Å²) in [5.41, 5.74) is 4.80. The number of hydrogen-bond donors (Lipinski definition) is 7. The highest BCUT2D eigenvalue weighted by atomic mass is 79.9. The van der Waals surface area contributed by atoms with Crippen molar-refractivity contribution in [2.45, 2.75) is 31.8 Å². The Balaban J connectivity index is 1.85. The van der Waals surface area contributed by atoms with Crippen LogP contribution in [0.1, 0.15) is 24.0 Å². The molecule has 0 aliphatic rings. The molecule has 0 aliphatic carbocycles. The molecule has 1 unspecified atom stereocenters. The third-order valence-electron chi connectivity index (χ3n) is 5.47. The normalized spacial score (nSPS) is 12.6. The number of aliphatic hydroxyl groups excluding tert-OH is 1. The smallest absolute Gasteiger partial charge is 0.269 e. The standard InChI is InChI=1S/C25H30Br3N5O7/c26-17-8-14(2-3-22(17)35)11-20(32-38)24(36)30-6-1-7-40-23-18(27)9-15(10-19(23)28)12-21(33-39)25(37)31-13-16(34)4-5-29/h2-3,8-10,16,34-35,38-39H,1,4-7,11-13,29H2,(H,30,36)(H,31,37)/p+1/b32-20+,33-21+. The third kappa shape index (κ3) is 10.7. The molecule has 0 bridgehead atoms. The van der Waals surface area contributed by atoms with Crippen molar-refractivity contribution < 1.29 is 40.7 Å². The summed E-state index contributed by atoms with van der Waals surface area (Å²) in [6.45, 7) is 1.08. The van der Waals surface area contributed by atoms with Gasteiger partial charge in [-0.2, -0.15) is 0 Å². The van der Waals surface area contributed by atoms with E-state index < -0.39 is 17.9 Å². The van der Waals surface area contributed by atoms with Crippen LogP contribution >= 0.6 is 47.8 Å². The van der Waals surface area contributed by atoms with E-state index in [-0.39, 0.29) is 49.7 Å². The highest BCUT2D eigenvalue weighted by molar-refractivity contribution is 9.11. The molecule has 0 saturated carbocycles. The molecule has 9 N–H and O–H groups in total. The van der Waals surface area contributed by atoms with E-state index in [2.05, 4.69) is 74.5 Å². The van der Waals surface area contributed by atoms with E-state index in [4.69, 9.17) is 4.74 Å². The van der Waals surface area contributed by atoms with Gasteiger partial charge in [0.05, 0.1) is 32.7 Å². The minimum absolute atomic E-state index is 0.0263. The monoisotopic (exact) mass is 750 g/mol. The zero-order chi connectivity index (χ0) is 29.7. The molecule has 2 aromatic carbocycles. The topological polar surface area (TPSA) is 201 Å². The number of aliphatic hydroxyl groups is 1. The zero-order valence-electron chi connectivity index (χ0n) is 21.4. The molecule has 0 fully saturated rings. The molecule has 0 radical (unpaired) electrons. The van der Waals surface area contributed by atoms with Gasteiger partial charge in [0.25, 0.3) is 11.8 Å². The molecular weight excluding hydrogens is 722 g/mol. The summed E-state index contributed by atoms with van der Waals surface area (Å²) in [5.74, 6) is -0.548. The largest absolute Gasteiger partial charge is 0.507 e. The fraction of sp³-hybridized carbons (Fsp3) is 0.360. The summed E-state index contributed by atoms with van der Waals surface area (Å²) in [6.07, 6.45) is 0.279. The zero-order valence-corrected chi connectivity index (χ0v) is 26.1. The average Bonchev–Trinajstić information content (AvgIpc) is 2.92. The van der Waals surface area contributed by atoms with Crippen LogP contribution in [0.5, 0.6) is 11.5 Å². The Hall–Kier alpha value is -2.72. The van der Waals surface area contributed by atoms with Crippen LogP contribution < -0.4 is 21.1 Å². The molecule has 0 saturated heterocycles. The number of quaternary nitrogens is 1. The van der Waals surface area contributed by atoms with Crippen molar-refractivity contribution in [2.75, 3.05) is 26.2 Å². The number of halogens is 3. The predicted molar refractivity (Wildman–Crippen MR) is 158 cm³/mol. The second-order valence-electron chi connectivity index (χ2n) is 8.59. The van der Waals surface area contributed by atoms with E-state index >= 15 is 0 Å². The van der Waals surface area contributed by atoms with Crippen LogP contribution in [-0.4, -0.2) is 76.2 Å². The lowest BCUT2D eigenvalue weighted by atomic mass is 10.1. The van der Waals surface area contributed by atoms with Gasteiger partial charge in [-0.05, 0) is 89.6 Å². The van der Waals surface area contributed by atoms with E-state index in [1.807, 2.05) is 0 Å².